The van der Waals surface area contributed by atoms with Gasteiger partial charge >= 0.3 is 0 Å². The molecule has 4 aliphatic carbocycles. The van der Waals surface area contributed by atoms with Crippen molar-refractivity contribution in [2.45, 2.75) is 99.1 Å². The van der Waals surface area contributed by atoms with Gasteiger partial charge in [-0.3, -0.25) is 24.0 Å². The van der Waals surface area contributed by atoms with Crippen LogP contribution in [0, 0.1) is 36.0 Å². The number of nitrogens with zero attached hydrogens (tertiary/aromatic N) is 5. The van der Waals surface area contributed by atoms with Gasteiger partial charge in [0.25, 0.3) is 11.5 Å². The third-order valence-corrected chi connectivity index (χ3v) is 13.2. The maximum Gasteiger partial charge on any atom is 0.253 e. The molecule has 4 saturated carbocycles. The van der Waals surface area contributed by atoms with Crippen LogP contribution in [-0.4, -0.2) is 75.7 Å². The minimum absolute atomic E-state index is 0.103. The van der Waals surface area contributed by atoms with E-state index in [1.165, 1.54) is 38.5 Å². The average molecular weight is 747 g/mol. The molecule has 11 heteroatoms. The highest BCUT2D eigenvalue weighted by molar-refractivity contribution is 6.08. The highest BCUT2D eigenvalue weighted by Gasteiger charge is 2.60. The Balaban J connectivity index is 0.876. The molecule has 2 amide bonds. The van der Waals surface area contributed by atoms with Gasteiger partial charge < -0.3 is 20.5 Å². The minimum atomic E-state index is -0.261. The van der Waals surface area contributed by atoms with E-state index in [4.69, 9.17) is 4.98 Å². The van der Waals surface area contributed by atoms with Gasteiger partial charge in [0.05, 0.1) is 17.3 Å². The lowest BCUT2D eigenvalue weighted by atomic mass is 9.40. The zero-order chi connectivity index (χ0) is 38.7. The van der Waals surface area contributed by atoms with Crippen molar-refractivity contribution in [1.82, 2.24) is 35.3 Å². The molecule has 9 rings (SSSR count). The number of carbonyl (C=O) groups is 2. The molecule has 0 spiro atoms. The predicted octanol–water partition coefficient (Wildman–Crippen LogP) is 6.54. The fourth-order valence-electron chi connectivity index (χ4n) is 11.9. The zero-order valence-electron chi connectivity index (χ0n) is 33.6. The quantitative estimate of drug-likeness (QED) is 0.159. The van der Waals surface area contributed by atoms with Gasteiger partial charge in [-0.2, -0.15) is 5.10 Å². The van der Waals surface area contributed by atoms with Crippen molar-refractivity contribution in [2.24, 2.45) is 22.2 Å². The van der Waals surface area contributed by atoms with Crippen molar-refractivity contribution >= 4 is 28.5 Å². The van der Waals surface area contributed by atoms with Crippen LogP contribution in [0.1, 0.15) is 106 Å². The monoisotopic (exact) mass is 746 g/mol. The Labute approximate surface area is 324 Å². The second kappa shape index (κ2) is 14.2. The number of amides is 2. The molecule has 292 valence electrons. The number of hydrogen-bond donors (Lipinski definition) is 3. The average Bonchev–Trinajstić information content (AvgIpc) is 3.54. The Morgan fingerprint density at radius 2 is 1.67 bits per heavy atom. The fraction of sp³-hybridized carbons (Fsp3) is 0.568. The SMILES string of the molecule is Cc1cc(C)c(CNC(=O)c2cc(-c3ccc(N4CCN(CCNC(=O)CC56C[C@@H]7C[C@@](C)(C5)C[C@](C)(C7)C6)CC4)nc3)cc3c2cnn3C(C)C)c(=O)[nH]1. The van der Waals surface area contributed by atoms with Gasteiger partial charge in [-0.05, 0) is 130 Å². The van der Waals surface area contributed by atoms with Gasteiger partial charge in [0.2, 0.25) is 5.91 Å². The number of nitrogens with one attached hydrogen (secondary N) is 3. The zero-order valence-corrected chi connectivity index (χ0v) is 33.6. The van der Waals surface area contributed by atoms with Crippen LogP contribution in [0.25, 0.3) is 22.0 Å². The Hall–Kier alpha value is -4.51. The van der Waals surface area contributed by atoms with E-state index >= 15 is 0 Å². The van der Waals surface area contributed by atoms with E-state index in [1.807, 2.05) is 36.9 Å². The fourth-order valence-corrected chi connectivity index (χ4v) is 11.9. The number of carbonyl (C=O) groups excluding carboxylic acids is 2. The van der Waals surface area contributed by atoms with Crippen LogP contribution >= 0.6 is 0 Å². The first kappa shape index (κ1) is 37.4. The third-order valence-electron chi connectivity index (χ3n) is 13.2. The third kappa shape index (κ3) is 7.56. The number of anilines is 1. The Morgan fingerprint density at radius 3 is 2.33 bits per heavy atom. The van der Waals surface area contributed by atoms with Gasteiger partial charge in [0.1, 0.15) is 5.82 Å². The molecule has 3 aromatic heterocycles. The summed E-state index contributed by atoms with van der Waals surface area (Å²) in [5.41, 5.74) is 6.24. The molecular weight excluding hydrogens is 689 g/mol. The maximum atomic E-state index is 13.7. The number of aryl methyl sites for hydroxylation is 2. The summed E-state index contributed by atoms with van der Waals surface area (Å²) < 4.78 is 1.93. The van der Waals surface area contributed by atoms with Crippen molar-refractivity contribution < 1.29 is 9.59 Å². The Kier molecular flexibility index (Phi) is 9.67. The van der Waals surface area contributed by atoms with Gasteiger partial charge in [-0.15, -0.1) is 0 Å². The molecule has 0 radical (unpaired) electrons. The summed E-state index contributed by atoms with van der Waals surface area (Å²) in [6.45, 7) is 18.1. The highest BCUT2D eigenvalue weighted by atomic mass is 16.2. The van der Waals surface area contributed by atoms with Gasteiger partial charge in [-0.1, -0.05) is 13.8 Å². The molecule has 55 heavy (non-hydrogen) atoms. The molecule has 4 aromatic rings. The largest absolute Gasteiger partial charge is 0.355 e. The van der Waals surface area contributed by atoms with Crippen molar-refractivity contribution in [2.75, 3.05) is 44.2 Å². The summed E-state index contributed by atoms with van der Waals surface area (Å²) in [6, 6.07) is 10.1. The first-order valence-corrected chi connectivity index (χ1v) is 20.4. The number of pyridine rings is 2. The summed E-state index contributed by atoms with van der Waals surface area (Å²) >= 11 is 0. The van der Waals surface area contributed by atoms with Gasteiger partial charge in [0, 0.05) is 86.7 Å². The Morgan fingerprint density at radius 1 is 0.927 bits per heavy atom. The smallest absolute Gasteiger partial charge is 0.253 e. The van der Waals surface area contributed by atoms with Crippen molar-refractivity contribution in [3.63, 3.8) is 0 Å². The molecule has 4 bridgehead atoms. The molecule has 5 fully saturated rings. The summed E-state index contributed by atoms with van der Waals surface area (Å²) in [7, 11) is 0. The van der Waals surface area contributed by atoms with E-state index in [0.717, 1.165) is 77.7 Å². The second-order valence-corrected chi connectivity index (χ2v) is 18.7. The van der Waals surface area contributed by atoms with E-state index in [1.54, 1.807) is 6.20 Å². The standard InChI is InChI=1S/C44H58N8O3/c1-28(2)52-37-17-33(16-34(36(37)24-48-52)40(54)47-23-35-29(3)15-30(4)49-41(35)55)32-7-8-38(46-22-32)51-13-11-50(12-14-51)10-9-45-39(53)21-44-20-31-18-42(5,26-44)25-43(6,19-31)27-44/h7-8,15-17,22,24,28,31H,9-14,18-21,23,25-27H2,1-6H3,(H,45,53)(H,47,54)(H,49,55)/t31-,42-,43+,44?. The minimum Gasteiger partial charge on any atom is -0.355 e. The number of hydrogen-bond acceptors (Lipinski definition) is 7. The molecule has 4 atom stereocenters. The summed E-state index contributed by atoms with van der Waals surface area (Å²) in [5, 5.41) is 11.7. The second-order valence-electron chi connectivity index (χ2n) is 18.7. The molecule has 4 heterocycles. The van der Waals surface area contributed by atoms with E-state index in [0.29, 0.717) is 34.9 Å². The van der Waals surface area contributed by atoms with Crippen LogP contribution in [-0.2, 0) is 11.3 Å². The molecule has 5 aliphatic rings. The van der Waals surface area contributed by atoms with Crippen LogP contribution in [0.4, 0.5) is 5.82 Å². The van der Waals surface area contributed by atoms with Crippen LogP contribution in [0.5, 0.6) is 0 Å². The lowest BCUT2D eigenvalue weighted by Gasteiger charge is -2.65. The number of benzene rings is 1. The van der Waals surface area contributed by atoms with Gasteiger partial charge in [-0.25, -0.2) is 4.98 Å². The molecule has 11 nitrogen and oxygen atoms in total. The number of H-pyrrole nitrogens is 1. The normalized spacial score (nSPS) is 26.2. The molecule has 1 aliphatic heterocycles. The topological polar surface area (TPSA) is 128 Å². The maximum absolute atomic E-state index is 13.7. The number of aromatic nitrogens is 4. The van der Waals surface area contributed by atoms with Crippen LogP contribution in [0.15, 0.2) is 47.5 Å². The summed E-state index contributed by atoms with van der Waals surface area (Å²) in [6.07, 6.45) is 12.1. The number of aromatic amines is 1. The van der Waals surface area contributed by atoms with E-state index in [9.17, 15) is 14.4 Å². The van der Waals surface area contributed by atoms with Gasteiger partial charge in [0.15, 0.2) is 0 Å². The molecule has 1 aromatic carbocycles. The van der Waals surface area contributed by atoms with E-state index in [-0.39, 0.29) is 35.4 Å². The lowest BCUT2D eigenvalue weighted by Crippen LogP contribution is -2.56. The first-order chi connectivity index (χ1) is 26.2. The van der Waals surface area contributed by atoms with Crippen molar-refractivity contribution in [1.29, 1.82) is 0 Å². The predicted molar refractivity (Wildman–Crippen MR) is 217 cm³/mol. The highest BCUT2D eigenvalue weighted by Crippen LogP contribution is 2.70. The Bertz CT molecular complexity index is 2140. The van der Waals surface area contributed by atoms with E-state index < -0.39 is 0 Å². The van der Waals surface area contributed by atoms with Crippen LogP contribution in [0.3, 0.4) is 0 Å². The van der Waals surface area contributed by atoms with Crippen LogP contribution in [0.2, 0.25) is 0 Å². The molecule has 1 saturated heterocycles. The van der Waals surface area contributed by atoms with Crippen molar-refractivity contribution in [3.05, 3.63) is 75.5 Å². The van der Waals surface area contributed by atoms with E-state index in [2.05, 4.69) is 76.4 Å². The lowest BCUT2D eigenvalue weighted by molar-refractivity contribution is -0.156. The van der Waals surface area contributed by atoms with Crippen molar-refractivity contribution in [3.8, 4) is 11.1 Å². The van der Waals surface area contributed by atoms with Crippen LogP contribution < -0.4 is 21.1 Å². The first-order valence-electron chi connectivity index (χ1n) is 20.4. The number of fused-ring (bicyclic) bond motifs is 1. The molecule has 1 unspecified atom stereocenters. The molecular formula is C44H58N8O3. The summed E-state index contributed by atoms with van der Waals surface area (Å²) in [4.78, 5) is 52.0. The number of rotatable bonds is 11. The number of piperazine rings is 1. The molecule has 3 N–H and O–H groups in total. The summed E-state index contributed by atoms with van der Waals surface area (Å²) in [5.74, 6) is 1.72.